The molecule has 1 atom stereocenters. The molecule has 1 heterocycles. The number of halogens is 2. The minimum Gasteiger partial charge on any atom is -0.465 e. The van der Waals surface area contributed by atoms with Gasteiger partial charge < -0.3 is 9.64 Å². The molecule has 0 spiro atoms. The second-order valence-electron chi connectivity index (χ2n) is 6.90. The Bertz CT molecular complexity index is 1100. The first kappa shape index (κ1) is 20.6. The molecule has 0 aliphatic carbocycles. The van der Waals surface area contributed by atoms with Gasteiger partial charge in [0, 0.05) is 20.6 Å². The van der Waals surface area contributed by atoms with Crippen LogP contribution in [0, 0.1) is 0 Å². The summed E-state index contributed by atoms with van der Waals surface area (Å²) >= 11 is 9.85. The smallest absolute Gasteiger partial charge is 0.325 e. The lowest BCUT2D eigenvalue weighted by atomic mass is 9.93. The lowest BCUT2D eigenvalue weighted by Gasteiger charge is -2.38. The van der Waals surface area contributed by atoms with Gasteiger partial charge in [-0.1, -0.05) is 70.0 Å². The first-order chi connectivity index (χ1) is 14.6. The number of fused-ring (bicyclic) bond motifs is 1. The van der Waals surface area contributed by atoms with Crippen molar-refractivity contribution in [2.75, 3.05) is 13.2 Å². The summed E-state index contributed by atoms with van der Waals surface area (Å²) in [4.78, 5) is 19.5. The standard InChI is InChI=1S/C24H20BrClN2O2/c1-2-30-22(29)15-28-23(16-7-4-3-5-8-16)20-14-18(25)11-12-21(20)27-24(28)17-9-6-10-19(26)13-17/h3-14,23H,2,15H2,1H3. The van der Waals surface area contributed by atoms with E-state index in [4.69, 9.17) is 21.3 Å². The number of carbonyl (C=O) groups excluding carboxylic acids is 1. The van der Waals surface area contributed by atoms with Crippen LogP contribution in [0.5, 0.6) is 0 Å². The normalized spacial score (nSPS) is 15.4. The number of benzene rings is 3. The van der Waals surface area contributed by atoms with Gasteiger partial charge in [-0.25, -0.2) is 4.99 Å². The molecule has 3 aromatic carbocycles. The van der Waals surface area contributed by atoms with Crippen LogP contribution in [0.4, 0.5) is 5.69 Å². The predicted molar refractivity (Wildman–Crippen MR) is 123 cm³/mol. The molecular weight excluding hydrogens is 464 g/mol. The van der Waals surface area contributed by atoms with Crippen LogP contribution in [0.25, 0.3) is 0 Å². The summed E-state index contributed by atoms with van der Waals surface area (Å²) in [5.74, 6) is 0.390. The SMILES string of the molecule is CCOC(=O)CN1C(c2cccc(Cl)c2)=Nc2ccc(Br)cc2C1c1ccccc1. The van der Waals surface area contributed by atoms with E-state index in [1.54, 1.807) is 6.92 Å². The summed E-state index contributed by atoms with van der Waals surface area (Å²) in [5.41, 5.74) is 3.80. The van der Waals surface area contributed by atoms with Crippen molar-refractivity contribution in [3.8, 4) is 0 Å². The molecule has 0 radical (unpaired) electrons. The highest BCUT2D eigenvalue weighted by Crippen LogP contribution is 2.41. The molecule has 3 aromatic rings. The van der Waals surface area contributed by atoms with Gasteiger partial charge in [-0.2, -0.15) is 0 Å². The Kier molecular flexibility index (Phi) is 6.21. The number of carbonyl (C=O) groups is 1. The zero-order valence-electron chi connectivity index (χ0n) is 16.4. The predicted octanol–water partition coefficient (Wildman–Crippen LogP) is 6.15. The molecule has 4 rings (SSSR count). The Morgan fingerprint density at radius 1 is 1.10 bits per heavy atom. The van der Waals surface area contributed by atoms with Crippen molar-refractivity contribution in [2.45, 2.75) is 13.0 Å². The van der Waals surface area contributed by atoms with E-state index in [0.29, 0.717) is 17.5 Å². The molecule has 0 aromatic heterocycles. The third kappa shape index (κ3) is 4.27. The molecule has 0 amide bonds. The molecule has 1 unspecified atom stereocenters. The summed E-state index contributed by atoms with van der Waals surface area (Å²) in [5, 5.41) is 0.615. The maximum Gasteiger partial charge on any atom is 0.325 e. The Hall–Kier alpha value is -2.63. The monoisotopic (exact) mass is 482 g/mol. The van der Waals surface area contributed by atoms with Crippen LogP contribution in [0.2, 0.25) is 5.02 Å². The van der Waals surface area contributed by atoms with Crippen molar-refractivity contribution in [1.82, 2.24) is 4.90 Å². The average molecular weight is 484 g/mol. The van der Waals surface area contributed by atoms with Gasteiger partial charge in [0.05, 0.1) is 18.3 Å². The van der Waals surface area contributed by atoms with Crippen molar-refractivity contribution >= 4 is 45.0 Å². The number of rotatable bonds is 5. The second-order valence-corrected chi connectivity index (χ2v) is 8.25. The molecule has 1 aliphatic heterocycles. The van der Waals surface area contributed by atoms with Crippen LogP contribution in [-0.2, 0) is 9.53 Å². The lowest BCUT2D eigenvalue weighted by molar-refractivity contribution is -0.143. The van der Waals surface area contributed by atoms with Crippen LogP contribution in [0.1, 0.15) is 29.7 Å². The van der Waals surface area contributed by atoms with Gasteiger partial charge in [0.15, 0.2) is 0 Å². The summed E-state index contributed by atoms with van der Waals surface area (Å²) < 4.78 is 6.24. The molecule has 1 aliphatic rings. The fourth-order valence-corrected chi connectivity index (χ4v) is 4.25. The molecular formula is C24H20BrClN2O2. The molecule has 152 valence electrons. The fraction of sp³-hybridized carbons (Fsp3) is 0.167. The van der Waals surface area contributed by atoms with Gasteiger partial charge in [-0.15, -0.1) is 0 Å². The minimum absolute atomic E-state index is 0.0741. The number of nitrogens with zero attached hydrogens (tertiary/aromatic N) is 2. The van der Waals surface area contributed by atoms with E-state index >= 15 is 0 Å². The van der Waals surface area contributed by atoms with E-state index in [1.165, 1.54) is 0 Å². The van der Waals surface area contributed by atoms with Gasteiger partial charge in [0.25, 0.3) is 0 Å². The maximum atomic E-state index is 12.6. The molecule has 0 saturated heterocycles. The van der Waals surface area contributed by atoms with Gasteiger partial charge >= 0.3 is 5.97 Å². The topological polar surface area (TPSA) is 41.9 Å². The lowest BCUT2D eigenvalue weighted by Crippen LogP contribution is -2.42. The third-order valence-corrected chi connectivity index (χ3v) is 5.63. The first-order valence-corrected chi connectivity index (χ1v) is 10.8. The van der Waals surface area contributed by atoms with Crippen molar-refractivity contribution in [3.05, 3.63) is 99.0 Å². The van der Waals surface area contributed by atoms with E-state index in [1.807, 2.05) is 59.5 Å². The Morgan fingerprint density at radius 3 is 2.63 bits per heavy atom. The molecule has 0 fully saturated rings. The Balaban J connectivity index is 1.92. The molecule has 0 bridgehead atoms. The molecule has 0 N–H and O–H groups in total. The number of aliphatic imine (C=N–C) groups is 1. The number of hydrogen-bond acceptors (Lipinski definition) is 4. The first-order valence-electron chi connectivity index (χ1n) is 9.68. The maximum absolute atomic E-state index is 12.6. The van der Waals surface area contributed by atoms with Crippen molar-refractivity contribution in [2.24, 2.45) is 4.99 Å². The molecule has 0 saturated carbocycles. The zero-order chi connectivity index (χ0) is 21.1. The largest absolute Gasteiger partial charge is 0.465 e. The molecule has 30 heavy (non-hydrogen) atoms. The van der Waals surface area contributed by atoms with Crippen molar-refractivity contribution < 1.29 is 9.53 Å². The summed E-state index contributed by atoms with van der Waals surface area (Å²) in [6.45, 7) is 2.21. The Labute approximate surface area is 189 Å². The van der Waals surface area contributed by atoms with Crippen molar-refractivity contribution in [3.63, 3.8) is 0 Å². The number of esters is 1. The second kappa shape index (κ2) is 9.02. The highest BCUT2D eigenvalue weighted by Gasteiger charge is 2.33. The van der Waals surface area contributed by atoms with Crippen LogP contribution in [-0.4, -0.2) is 29.9 Å². The van der Waals surface area contributed by atoms with Crippen LogP contribution < -0.4 is 0 Å². The summed E-state index contributed by atoms with van der Waals surface area (Å²) in [6.07, 6.45) is 0. The van der Waals surface area contributed by atoms with Crippen LogP contribution in [0.3, 0.4) is 0 Å². The number of ether oxygens (including phenoxy) is 1. The average Bonchev–Trinajstić information content (AvgIpc) is 2.74. The minimum atomic E-state index is -0.299. The van der Waals surface area contributed by atoms with Crippen molar-refractivity contribution in [1.29, 1.82) is 0 Å². The van der Waals surface area contributed by atoms with E-state index in [2.05, 4.69) is 34.1 Å². The zero-order valence-corrected chi connectivity index (χ0v) is 18.7. The van der Waals surface area contributed by atoms with E-state index in [-0.39, 0.29) is 18.6 Å². The molecule has 4 nitrogen and oxygen atoms in total. The van der Waals surface area contributed by atoms with E-state index in [0.717, 1.165) is 26.9 Å². The Morgan fingerprint density at radius 2 is 1.90 bits per heavy atom. The number of hydrogen-bond donors (Lipinski definition) is 0. The van der Waals surface area contributed by atoms with Gasteiger partial charge in [0.1, 0.15) is 12.4 Å². The van der Waals surface area contributed by atoms with E-state index in [9.17, 15) is 4.79 Å². The molecule has 6 heteroatoms. The fourth-order valence-electron chi connectivity index (χ4n) is 3.68. The van der Waals surface area contributed by atoms with Crippen LogP contribution in [0.15, 0.2) is 82.3 Å². The van der Waals surface area contributed by atoms with Gasteiger partial charge in [-0.3, -0.25) is 4.79 Å². The quantitative estimate of drug-likeness (QED) is 0.409. The van der Waals surface area contributed by atoms with Crippen LogP contribution >= 0.6 is 27.5 Å². The third-order valence-electron chi connectivity index (χ3n) is 4.90. The summed E-state index contributed by atoms with van der Waals surface area (Å²) in [7, 11) is 0. The van der Waals surface area contributed by atoms with Gasteiger partial charge in [-0.05, 0) is 42.8 Å². The van der Waals surface area contributed by atoms with Gasteiger partial charge in [0.2, 0.25) is 0 Å². The summed E-state index contributed by atoms with van der Waals surface area (Å²) in [6, 6.07) is 23.5. The number of amidine groups is 1. The van der Waals surface area contributed by atoms with E-state index < -0.39 is 0 Å². The highest BCUT2D eigenvalue weighted by atomic mass is 79.9. The highest BCUT2D eigenvalue weighted by molar-refractivity contribution is 9.10.